The van der Waals surface area contributed by atoms with Gasteiger partial charge in [-0.3, -0.25) is 20.2 Å². The molecule has 2 aromatic carbocycles. The second-order valence-electron chi connectivity index (χ2n) is 4.79. The predicted octanol–water partition coefficient (Wildman–Crippen LogP) is 4.45. The molecule has 0 aliphatic carbocycles. The van der Waals surface area contributed by atoms with Crippen molar-refractivity contribution in [3.8, 4) is 0 Å². The molecular weight excluding hydrogens is 418 g/mol. The lowest BCUT2D eigenvalue weighted by Gasteiger charge is -2.12. The van der Waals surface area contributed by atoms with Crippen LogP contribution in [0.5, 0.6) is 0 Å². The second kappa shape index (κ2) is 7.69. The molecule has 0 radical (unpaired) electrons. The SMILES string of the molecule is Cc1cc([N+](=O)[O-])c(Cl)cc1NC(=S)NC(=O)c1ccc(Br)cc1. The predicted molar refractivity (Wildman–Crippen MR) is 101 cm³/mol. The van der Waals surface area contributed by atoms with Gasteiger partial charge in [0.1, 0.15) is 5.02 Å². The van der Waals surface area contributed by atoms with Crippen LogP contribution in [-0.4, -0.2) is 15.9 Å². The van der Waals surface area contributed by atoms with Crippen LogP contribution in [0.1, 0.15) is 15.9 Å². The van der Waals surface area contributed by atoms with E-state index in [0.717, 1.165) is 4.47 Å². The first-order valence-electron chi connectivity index (χ1n) is 6.60. The van der Waals surface area contributed by atoms with E-state index in [1.165, 1.54) is 12.1 Å². The topological polar surface area (TPSA) is 84.3 Å². The summed E-state index contributed by atoms with van der Waals surface area (Å²) in [5.74, 6) is -0.370. The highest BCUT2D eigenvalue weighted by Crippen LogP contribution is 2.30. The minimum absolute atomic E-state index is 0.0184. The number of nitro benzene ring substituents is 1. The van der Waals surface area contributed by atoms with E-state index in [4.69, 9.17) is 23.8 Å². The average Bonchev–Trinajstić information content (AvgIpc) is 2.50. The van der Waals surface area contributed by atoms with Gasteiger partial charge in [0.15, 0.2) is 5.11 Å². The number of nitro groups is 1. The average molecular weight is 429 g/mol. The molecule has 0 bridgehead atoms. The van der Waals surface area contributed by atoms with Gasteiger partial charge in [0, 0.05) is 21.8 Å². The molecule has 0 aromatic heterocycles. The number of carbonyl (C=O) groups is 1. The zero-order valence-electron chi connectivity index (χ0n) is 12.3. The van der Waals surface area contributed by atoms with Crippen molar-refractivity contribution in [1.82, 2.24) is 5.32 Å². The van der Waals surface area contributed by atoms with Gasteiger partial charge in [-0.25, -0.2) is 0 Å². The molecule has 9 heteroatoms. The number of aryl methyl sites for hydroxylation is 1. The highest BCUT2D eigenvalue weighted by atomic mass is 79.9. The summed E-state index contributed by atoms with van der Waals surface area (Å²) in [4.78, 5) is 22.4. The van der Waals surface area contributed by atoms with E-state index in [9.17, 15) is 14.9 Å². The van der Waals surface area contributed by atoms with Crippen LogP contribution in [-0.2, 0) is 0 Å². The smallest absolute Gasteiger partial charge is 0.288 e. The first-order valence-corrected chi connectivity index (χ1v) is 8.18. The summed E-state index contributed by atoms with van der Waals surface area (Å²) in [6, 6.07) is 9.51. The molecule has 2 rings (SSSR count). The normalized spacial score (nSPS) is 10.1. The maximum absolute atomic E-state index is 12.1. The highest BCUT2D eigenvalue weighted by Gasteiger charge is 2.16. The minimum atomic E-state index is -0.563. The van der Waals surface area contributed by atoms with Gasteiger partial charge in [-0.05, 0) is 55.0 Å². The molecule has 0 aliphatic rings. The van der Waals surface area contributed by atoms with Crippen molar-refractivity contribution in [3.63, 3.8) is 0 Å². The molecule has 0 heterocycles. The van der Waals surface area contributed by atoms with Gasteiger partial charge < -0.3 is 5.32 Å². The molecule has 2 aromatic rings. The van der Waals surface area contributed by atoms with Crippen LogP contribution in [0.3, 0.4) is 0 Å². The molecule has 0 atom stereocenters. The zero-order valence-corrected chi connectivity index (χ0v) is 15.5. The lowest BCUT2D eigenvalue weighted by molar-refractivity contribution is -0.384. The lowest BCUT2D eigenvalue weighted by atomic mass is 10.2. The fraction of sp³-hybridized carbons (Fsp3) is 0.0667. The van der Waals surface area contributed by atoms with Crippen LogP contribution in [0.4, 0.5) is 11.4 Å². The van der Waals surface area contributed by atoms with E-state index in [2.05, 4.69) is 26.6 Å². The summed E-state index contributed by atoms with van der Waals surface area (Å²) in [6.07, 6.45) is 0. The monoisotopic (exact) mass is 427 g/mol. The molecule has 6 nitrogen and oxygen atoms in total. The summed E-state index contributed by atoms with van der Waals surface area (Å²) in [6.45, 7) is 1.67. The Morgan fingerprint density at radius 3 is 2.50 bits per heavy atom. The van der Waals surface area contributed by atoms with Gasteiger partial charge in [-0.1, -0.05) is 27.5 Å². The summed E-state index contributed by atoms with van der Waals surface area (Å²) >= 11 is 14.3. The van der Waals surface area contributed by atoms with E-state index >= 15 is 0 Å². The molecule has 0 unspecified atom stereocenters. The summed E-state index contributed by atoms with van der Waals surface area (Å²) in [5, 5.41) is 16.2. The Kier molecular flexibility index (Phi) is 5.87. The Bertz CT molecular complexity index is 827. The van der Waals surface area contributed by atoms with Crippen LogP contribution in [0, 0.1) is 17.0 Å². The maximum Gasteiger partial charge on any atom is 0.288 e. The molecular formula is C15H11BrClN3O3S. The van der Waals surface area contributed by atoms with Crippen molar-refractivity contribution in [1.29, 1.82) is 0 Å². The van der Waals surface area contributed by atoms with Crippen molar-refractivity contribution in [2.75, 3.05) is 5.32 Å². The standard InChI is InChI=1S/C15H11BrClN3O3S/c1-8-6-13(20(22)23)11(17)7-12(8)18-15(24)19-14(21)9-2-4-10(16)5-3-9/h2-7H,1H3,(H2,18,19,21,24). The molecule has 24 heavy (non-hydrogen) atoms. The fourth-order valence-electron chi connectivity index (χ4n) is 1.87. The van der Waals surface area contributed by atoms with E-state index in [1.807, 2.05) is 0 Å². The van der Waals surface area contributed by atoms with E-state index in [-0.39, 0.29) is 21.7 Å². The minimum Gasteiger partial charge on any atom is -0.332 e. The Balaban J connectivity index is 2.09. The number of nitrogens with zero attached hydrogens (tertiary/aromatic N) is 1. The highest BCUT2D eigenvalue weighted by molar-refractivity contribution is 9.10. The Hall–Kier alpha value is -2.03. The maximum atomic E-state index is 12.1. The molecule has 124 valence electrons. The van der Waals surface area contributed by atoms with Gasteiger partial charge in [-0.2, -0.15) is 0 Å². The van der Waals surface area contributed by atoms with Crippen molar-refractivity contribution < 1.29 is 9.72 Å². The number of hydrogen-bond acceptors (Lipinski definition) is 4. The zero-order chi connectivity index (χ0) is 17.9. The Labute approximate surface area is 156 Å². The number of nitrogens with one attached hydrogen (secondary N) is 2. The van der Waals surface area contributed by atoms with E-state index in [0.29, 0.717) is 16.8 Å². The van der Waals surface area contributed by atoms with Gasteiger partial charge in [0.25, 0.3) is 11.6 Å². The van der Waals surface area contributed by atoms with Crippen molar-refractivity contribution >= 4 is 62.1 Å². The van der Waals surface area contributed by atoms with Gasteiger partial charge in [-0.15, -0.1) is 0 Å². The second-order valence-corrected chi connectivity index (χ2v) is 6.52. The van der Waals surface area contributed by atoms with E-state index in [1.54, 1.807) is 31.2 Å². The molecule has 0 saturated heterocycles. The van der Waals surface area contributed by atoms with Crippen LogP contribution < -0.4 is 10.6 Å². The van der Waals surface area contributed by atoms with Gasteiger partial charge in [0.2, 0.25) is 0 Å². The van der Waals surface area contributed by atoms with Gasteiger partial charge >= 0.3 is 0 Å². The van der Waals surface area contributed by atoms with Crippen molar-refractivity contribution in [2.45, 2.75) is 6.92 Å². The van der Waals surface area contributed by atoms with Gasteiger partial charge in [0.05, 0.1) is 4.92 Å². The summed E-state index contributed by atoms with van der Waals surface area (Å²) in [7, 11) is 0. The number of benzene rings is 2. The van der Waals surface area contributed by atoms with Crippen LogP contribution in [0.2, 0.25) is 5.02 Å². The molecule has 0 fully saturated rings. The molecule has 1 amide bonds. The van der Waals surface area contributed by atoms with Crippen LogP contribution in [0.15, 0.2) is 40.9 Å². The first kappa shape index (κ1) is 18.3. The molecule has 0 saturated carbocycles. The number of hydrogen-bond donors (Lipinski definition) is 2. The number of anilines is 1. The lowest BCUT2D eigenvalue weighted by Crippen LogP contribution is -2.34. The first-order chi connectivity index (χ1) is 11.3. The third-order valence-corrected chi connectivity index (χ3v) is 4.11. The number of halogens is 2. The summed E-state index contributed by atoms with van der Waals surface area (Å²) < 4.78 is 0.857. The van der Waals surface area contributed by atoms with Crippen molar-refractivity contribution in [2.24, 2.45) is 0 Å². The van der Waals surface area contributed by atoms with Crippen LogP contribution >= 0.6 is 39.7 Å². The van der Waals surface area contributed by atoms with Crippen molar-refractivity contribution in [3.05, 3.63) is 67.1 Å². The number of rotatable bonds is 3. The third-order valence-electron chi connectivity index (χ3n) is 3.07. The fourth-order valence-corrected chi connectivity index (χ4v) is 2.57. The number of amides is 1. The third kappa shape index (κ3) is 4.50. The van der Waals surface area contributed by atoms with Crippen LogP contribution in [0.25, 0.3) is 0 Å². The molecule has 0 spiro atoms. The largest absolute Gasteiger partial charge is 0.332 e. The Morgan fingerprint density at radius 2 is 1.92 bits per heavy atom. The molecule has 2 N–H and O–H groups in total. The Morgan fingerprint density at radius 1 is 1.29 bits per heavy atom. The van der Waals surface area contributed by atoms with E-state index < -0.39 is 4.92 Å². The number of thiocarbonyl (C=S) groups is 1. The number of carbonyl (C=O) groups excluding carboxylic acids is 1. The quantitative estimate of drug-likeness (QED) is 0.429. The summed E-state index contributed by atoms with van der Waals surface area (Å²) in [5.41, 5.74) is 1.31. The molecule has 0 aliphatic heterocycles.